The Balaban J connectivity index is 1.96. The minimum Gasteiger partial charge on any atom is -0.427 e. The van der Waals surface area contributed by atoms with E-state index >= 15 is 0 Å². The molecule has 1 aromatic heterocycles. The van der Waals surface area contributed by atoms with Gasteiger partial charge in [-0.25, -0.2) is 0 Å². The molecule has 4 heteroatoms. The van der Waals surface area contributed by atoms with Gasteiger partial charge in [-0.2, -0.15) is 0 Å². The molecule has 1 heterocycles. The summed E-state index contributed by atoms with van der Waals surface area (Å²) in [5.74, 6) is 0.0296. The summed E-state index contributed by atoms with van der Waals surface area (Å²) < 4.78 is 6.97. The Labute approximate surface area is 162 Å². The van der Waals surface area contributed by atoms with Crippen LogP contribution in [0, 0.1) is 0 Å². The molecule has 138 valence electrons. The molecule has 28 heavy (non-hydrogen) atoms. The third-order valence-corrected chi connectivity index (χ3v) is 4.61. The number of hydrogen-bond acceptors (Lipinski definition) is 3. The van der Waals surface area contributed by atoms with Gasteiger partial charge in [-0.05, 0) is 28.8 Å². The number of fused-ring (bicyclic) bond motifs is 1. The van der Waals surface area contributed by atoms with Crippen molar-refractivity contribution in [3.8, 4) is 16.9 Å². The summed E-state index contributed by atoms with van der Waals surface area (Å²) in [6.45, 7) is 1.80. The second-order valence-corrected chi connectivity index (χ2v) is 6.61. The van der Waals surface area contributed by atoms with E-state index in [1.807, 2.05) is 66.7 Å². The van der Waals surface area contributed by atoms with Crippen LogP contribution in [0.25, 0.3) is 22.0 Å². The topological polar surface area (TPSA) is 48.3 Å². The second kappa shape index (κ2) is 7.53. The number of esters is 1. The first kappa shape index (κ1) is 17.7. The summed E-state index contributed by atoms with van der Waals surface area (Å²) >= 11 is 0. The van der Waals surface area contributed by atoms with Crippen molar-refractivity contribution < 1.29 is 9.53 Å². The summed E-state index contributed by atoms with van der Waals surface area (Å²) in [5, 5.41) is 0.928. The minimum absolute atomic E-state index is 0.102. The highest BCUT2D eigenvalue weighted by Crippen LogP contribution is 2.30. The van der Waals surface area contributed by atoms with E-state index in [1.165, 1.54) is 6.92 Å². The highest BCUT2D eigenvalue weighted by molar-refractivity contribution is 5.95. The Morgan fingerprint density at radius 2 is 1.57 bits per heavy atom. The zero-order valence-electron chi connectivity index (χ0n) is 15.5. The van der Waals surface area contributed by atoms with Crippen LogP contribution >= 0.6 is 0 Å². The number of pyridine rings is 1. The number of rotatable bonds is 4. The van der Waals surface area contributed by atoms with Crippen LogP contribution in [0.4, 0.5) is 0 Å². The third kappa shape index (κ3) is 3.58. The molecule has 3 aromatic carbocycles. The SMILES string of the molecule is CC(=O)Oc1ccc2c(-c3ccccc3)cc(=O)n(Cc3ccccc3)c2c1. The average Bonchev–Trinajstić information content (AvgIpc) is 2.71. The van der Waals surface area contributed by atoms with Crippen molar-refractivity contribution in [3.05, 3.63) is 101 Å². The molecule has 0 aliphatic rings. The van der Waals surface area contributed by atoms with Gasteiger partial charge in [0, 0.05) is 24.4 Å². The molecular formula is C24H19NO3. The maximum absolute atomic E-state index is 13.0. The first-order valence-corrected chi connectivity index (χ1v) is 9.07. The lowest BCUT2D eigenvalue weighted by Crippen LogP contribution is -2.21. The summed E-state index contributed by atoms with van der Waals surface area (Å²) in [7, 11) is 0. The highest BCUT2D eigenvalue weighted by Gasteiger charge is 2.13. The third-order valence-electron chi connectivity index (χ3n) is 4.61. The normalized spacial score (nSPS) is 10.8. The molecule has 0 radical (unpaired) electrons. The molecule has 0 saturated heterocycles. The van der Waals surface area contributed by atoms with Crippen molar-refractivity contribution in [2.45, 2.75) is 13.5 Å². The fourth-order valence-corrected chi connectivity index (χ4v) is 3.38. The lowest BCUT2D eigenvalue weighted by molar-refractivity contribution is -0.131. The minimum atomic E-state index is -0.393. The van der Waals surface area contributed by atoms with Gasteiger partial charge < -0.3 is 9.30 Å². The molecule has 0 N–H and O–H groups in total. The van der Waals surface area contributed by atoms with Crippen LogP contribution in [-0.4, -0.2) is 10.5 Å². The number of carbonyl (C=O) groups excluding carboxylic acids is 1. The number of hydrogen-bond donors (Lipinski definition) is 0. The average molecular weight is 369 g/mol. The number of aromatic nitrogens is 1. The van der Waals surface area contributed by atoms with Gasteiger partial charge in [0.05, 0.1) is 12.1 Å². The summed E-state index contributed by atoms with van der Waals surface area (Å²) in [5.41, 5.74) is 3.48. The lowest BCUT2D eigenvalue weighted by Gasteiger charge is -2.15. The fourth-order valence-electron chi connectivity index (χ4n) is 3.38. The zero-order valence-corrected chi connectivity index (χ0v) is 15.5. The lowest BCUT2D eigenvalue weighted by atomic mass is 10.0. The first-order valence-electron chi connectivity index (χ1n) is 9.07. The number of benzene rings is 3. The van der Waals surface area contributed by atoms with Crippen LogP contribution in [0.15, 0.2) is 89.7 Å². The molecule has 4 aromatic rings. The largest absolute Gasteiger partial charge is 0.427 e. The standard InChI is InChI=1S/C24H19NO3/c1-17(26)28-20-12-13-21-22(19-10-6-3-7-11-19)15-24(27)25(23(21)14-20)16-18-8-4-2-5-9-18/h2-15H,16H2,1H3. The molecular weight excluding hydrogens is 350 g/mol. The van der Waals surface area contributed by atoms with E-state index in [2.05, 4.69) is 0 Å². The van der Waals surface area contributed by atoms with E-state index in [0.717, 1.165) is 27.6 Å². The number of carbonyl (C=O) groups is 1. The molecule has 0 bridgehead atoms. The zero-order chi connectivity index (χ0) is 19.5. The number of ether oxygens (including phenoxy) is 1. The molecule has 0 aliphatic heterocycles. The predicted octanol–water partition coefficient (Wildman–Crippen LogP) is 4.64. The molecule has 0 unspecified atom stereocenters. The molecule has 0 atom stereocenters. The smallest absolute Gasteiger partial charge is 0.308 e. The molecule has 0 aliphatic carbocycles. The van der Waals surface area contributed by atoms with Gasteiger partial charge in [-0.1, -0.05) is 60.7 Å². The van der Waals surface area contributed by atoms with Crippen LogP contribution in [-0.2, 0) is 11.3 Å². The van der Waals surface area contributed by atoms with E-state index in [-0.39, 0.29) is 5.56 Å². The molecule has 0 amide bonds. The van der Waals surface area contributed by atoms with Gasteiger partial charge in [-0.3, -0.25) is 9.59 Å². The van der Waals surface area contributed by atoms with Gasteiger partial charge in [0.2, 0.25) is 0 Å². The van der Waals surface area contributed by atoms with Gasteiger partial charge in [-0.15, -0.1) is 0 Å². The highest BCUT2D eigenvalue weighted by atomic mass is 16.5. The Bertz CT molecular complexity index is 1200. The Hall–Kier alpha value is -3.66. The van der Waals surface area contributed by atoms with Crippen molar-refractivity contribution in [2.24, 2.45) is 0 Å². The summed E-state index contributed by atoms with van der Waals surface area (Å²) in [4.78, 5) is 24.4. The summed E-state index contributed by atoms with van der Waals surface area (Å²) in [6.07, 6.45) is 0. The van der Waals surface area contributed by atoms with E-state index < -0.39 is 5.97 Å². The Morgan fingerprint density at radius 1 is 0.893 bits per heavy atom. The van der Waals surface area contributed by atoms with Gasteiger partial charge in [0.1, 0.15) is 5.75 Å². The van der Waals surface area contributed by atoms with Crippen LogP contribution in [0.5, 0.6) is 5.75 Å². The van der Waals surface area contributed by atoms with E-state index in [1.54, 1.807) is 22.8 Å². The van der Waals surface area contributed by atoms with Crippen LogP contribution in [0.2, 0.25) is 0 Å². The van der Waals surface area contributed by atoms with Crippen LogP contribution < -0.4 is 10.3 Å². The van der Waals surface area contributed by atoms with Crippen LogP contribution in [0.1, 0.15) is 12.5 Å². The molecule has 4 nitrogen and oxygen atoms in total. The predicted molar refractivity (Wildman–Crippen MR) is 110 cm³/mol. The molecule has 0 spiro atoms. The van der Waals surface area contributed by atoms with E-state index in [4.69, 9.17) is 4.74 Å². The summed E-state index contributed by atoms with van der Waals surface area (Å²) in [6, 6.07) is 26.7. The maximum Gasteiger partial charge on any atom is 0.308 e. The van der Waals surface area contributed by atoms with Crippen molar-refractivity contribution in [1.82, 2.24) is 4.57 Å². The van der Waals surface area contributed by atoms with Crippen molar-refractivity contribution in [1.29, 1.82) is 0 Å². The van der Waals surface area contributed by atoms with Gasteiger partial charge in [0.15, 0.2) is 0 Å². The quantitative estimate of drug-likeness (QED) is 0.389. The van der Waals surface area contributed by atoms with Gasteiger partial charge in [0.25, 0.3) is 5.56 Å². The van der Waals surface area contributed by atoms with Crippen LogP contribution in [0.3, 0.4) is 0 Å². The molecule has 0 fully saturated rings. The Morgan fingerprint density at radius 3 is 2.25 bits per heavy atom. The maximum atomic E-state index is 13.0. The second-order valence-electron chi connectivity index (χ2n) is 6.61. The number of nitrogens with zero attached hydrogens (tertiary/aromatic N) is 1. The molecule has 0 saturated carbocycles. The van der Waals surface area contributed by atoms with E-state index in [0.29, 0.717) is 12.3 Å². The van der Waals surface area contributed by atoms with Crippen molar-refractivity contribution >= 4 is 16.9 Å². The van der Waals surface area contributed by atoms with Gasteiger partial charge >= 0.3 is 5.97 Å². The van der Waals surface area contributed by atoms with Crippen molar-refractivity contribution in [2.75, 3.05) is 0 Å². The monoisotopic (exact) mass is 369 g/mol. The Kier molecular flexibility index (Phi) is 4.77. The fraction of sp³-hybridized carbons (Fsp3) is 0.0833. The van der Waals surface area contributed by atoms with Crippen molar-refractivity contribution in [3.63, 3.8) is 0 Å². The molecule has 4 rings (SSSR count). The first-order chi connectivity index (χ1) is 13.6. The van der Waals surface area contributed by atoms with E-state index in [9.17, 15) is 9.59 Å².